The van der Waals surface area contributed by atoms with E-state index in [1.165, 1.54) is 15.8 Å². The summed E-state index contributed by atoms with van der Waals surface area (Å²) in [6.45, 7) is 0.570. The van der Waals surface area contributed by atoms with Gasteiger partial charge in [-0.3, -0.25) is 0 Å². The minimum Gasteiger partial charge on any atom is -0.477 e. The maximum absolute atomic E-state index is 12.6. The average Bonchev–Trinajstić information content (AvgIpc) is 3.05. The molecule has 2 aromatic rings. The zero-order valence-corrected chi connectivity index (χ0v) is 11.9. The van der Waals surface area contributed by atoms with E-state index >= 15 is 0 Å². The smallest absolute Gasteiger partial charge is 0.347 e. The number of thiophene rings is 1. The molecule has 0 aliphatic carbocycles. The van der Waals surface area contributed by atoms with E-state index < -0.39 is 16.0 Å². The van der Waals surface area contributed by atoms with E-state index in [1.54, 1.807) is 0 Å². The lowest BCUT2D eigenvalue weighted by Gasteiger charge is -2.15. The van der Waals surface area contributed by atoms with Crippen LogP contribution in [-0.4, -0.2) is 23.8 Å². The second kappa shape index (κ2) is 4.69. The van der Waals surface area contributed by atoms with Crippen molar-refractivity contribution in [2.24, 2.45) is 0 Å². The van der Waals surface area contributed by atoms with Crippen LogP contribution in [0.2, 0.25) is 0 Å². The molecule has 2 heterocycles. The van der Waals surface area contributed by atoms with Crippen molar-refractivity contribution >= 4 is 27.3 Å². The molecular formula is C13H11NO4S2. The summed E-state index contributed by atoms with van der Waals surface area (Å²) in [5.74, 6) is -1.21. The van der Waals surface area contributed by atoms with Crippen LogP contribution in [-0.2, 0) is 23.1 Å². The molecule has 1 aliphatic heterocycles. The summed E-state index contributed by atoms with van der Waals surface area (Å²) in [6, 6.07) is 8.85. The second-order valence-corrected chi connectivity index (χ2v) is 7.28. The highest BCUT2D eigenvalue weighted by atomic mass is 32.2. The number of fused-ring (bicyclic) bond motifs is 1. The maximum Gasteiger partial charge on any atom is 0.347 e. The monoisotopic (exact) mass is 309 g/mol. The quantitative estimate of drug-likeness (QED) is 0.942. The molecular weight excluding hydrogens is 298 g/mol. The lowest BCUT2D eigenvalue weighted by atomic mass is 10.1. The van der Waals surface area contributed by atoms with Crippen molar-refractivity contribution in [3.8, 4) is 0 Å². The Hall–Kier alpha value is -1.70. The Labute approximate surface area is 120 Å². The van der Waals surface area contributed by atoms with E-state index in [4.69, 9.17) is 5.11 Å². The van der Waals surface area contributed by atoms with Gasteiger partial charge in [-0.1, -0.05) is 24.3 Å². The van der Waals surface area contributed by atoms with E-state index in [1.807, 2.05) is 24.3 Å². The summed E-state index contributed by atoms with van der Waals surface area (Å²) in [4.78, 5) is 10.8. The highest BCUT2D eigenvalue weighted by Crippen LogP contribution is 2.31. The van der Waals surface area contributed by atoms with Crippen molar-refractivity contribution in [2.75, 3.05) is 0 Å². The van der Waals surface area contributed by atoms with E-state index in [9.17, 15) is 13.2 Å². The molecule has 0 atom stereocenters. The van der Waals surface area contributed by atoms with Crippen molar-refractivity contribution < 1.29 is 18.3 Å². The zero-order chi connectivity index (χ0) is 14.3. The van der Waals surface area contributed by atoms with Crippen LogP contribution >= 0.6 is 11.3 Å². The summed E-state index contributed by atoms with van der Waals surface area (Å²) in [7, 11) is -3.78. The van der Waals surface area contributed by atoms with Gasteiger partial charge >= 0.3 is 5.97 Å². The Morgan fingerprint density at radius 3 is 2.30 bits per heavy atom. The van der Waals surface area contributed by atoms with E-state index in [-0.39, 0.29) is 22.9 Å². The lowest BCUT2D eigenvalue weighted by Crippen LogP contribution is -2.26. The number of nitrogens with zero attached hydrogens (tertiary/aromatic N) is 1. The van der Waals surface area contributed by atoms with Crippen molar-refractivity contribution in [3.63, 3.8) is 0 Å². The minimum absolute atomic E-state index is 0.122. The molecule has 0 radical (unpaired) electrons. The highest BCUT2D eigenvalue weighted by molar-refractivity contribution is 7.89. The Balaban J connectivity index is 1.99. The number of hydrogen-bond acceptors (Lipinski definition) is 4. The number of hydrogen-bond donors (Lipinski definition) is 1. The first-order chi connectivity index (χ1) is 9.50. The molecule has 1 aromatic heterocycles. The molecule has 0 unspecified atom stereocenters. The molecule has 7 heteroatoms. The third-order valence-electron chi connectivity index (χ3n) is 3.25. The minimum atomic E-state index is -3.78. The van der Waals surface area contributed by atoms with Crippen molar-refractivity contribution in [2.45, 2.75) is 18.0 Å². The molecule has 0 bridgehead atoms. The molecule has 0 fully saturated rings. The van der Waals surface area contributed by atoms with Crippen LogP contribution in [0, 0.1) is 0 Å². The van der Waals surface area contributed by atoms with Gasteiger partial charge in [0, 0.05) is 13.1 Å². The van der Waals surface area contributed by atoms with Crippen molar-refractivity contribution in [3.05, 3.63) is 51.7 Å². The summed E-state index contributed by atoms with van der Waals surface area (Å²) in [6.07, 6.45) is 0. The number of sulfonamides is 1. The summed E-state index contributed by atoms with van der Waals surface area (Å²) < 4.78 is 26.4. The number of carboxylic acid groups (broad SMARTS) is 1. The molecule has 5 nitrogen and oxygen atoms in total. The first-order valence-corrected chi connectivity index (χ1v) is 8.20. The molecule has 0 saturated heterocycles. The Kier molecular flexibility index (Phi) is 3.12. The fourth-order valence-electron chi connectivity index (χ4n) is 2.27. The van der Waals surface area contributed by atoms with Crippen LogP contribution in [0.3, 0.4) is 0 Å². The molecule has 1 aromatic carbocycles. The van der Waals surface area contributed by atoms with E-state index in [0.717, 1.165) is 22.5 Å². The number of rotatable bonds is 3. The van der Waals surface area contributed by atoms with Gasteiger partial charge in [-0.05, 0) is 22.6 Å². The van der Waals surface area contributed by atoms with Gasteiger partial charge in [-0.15, -0.1) is 11.3 Å². The number of aromatic carboxylic acids is 1. The molecule has 20 heavy (non-hydrogen) atoms. The van der Waals surface area contributed by atoms with Crippen LogP contribution in [0.15, 0.2) is 40.6 Å². The summed E-state index contributed by atoms with van der Waals surface area (Å²) in [5, 5.41) is 10.5. The van der Waals surface area contributed by atoms with Crippen LogP contribution < -0.4 is 0 Å². The van der Waals surface area contributed by atoms with Gasteiger partial charge in [0.05, 0.1) is 0 Å². The van der Waals surface area contributed by atoms with Gasteiger partial charge in [0.1, 0.15) is 9.77 Å². The first kappa shape index (κ1) is 13.3. The number of carbonyl (C=O) groups is 1. The SMILES string of the molecule is O=C(O)c1sccc1S(=O)(=O)N1Cc2ccccc2C1. The zero-order valence-electron chi connectivity index (χ0n) is 10.3. The van der Waals surface area contributed by atoms with Crippen LogP contribution in [0.1, 0.15) is 20.8 Å². The van der Waals surface area contributed by atoms with Gasteiger partial charge in [-0.2, -0.15) is 4.31 Å². The second-order valence-electron chi connectivity index (χ2n) is 4.46. The third kappa shape index (κ3) is 2.04. The number of benzene rings is 1. The highest BCUT2D eigenvalue weighted by Gasteiger charge is 2.33. The number of carboxylic acids is 1. The first-order valence-electron chi connectivity index (χ1n) is 5.88. The van der Waals surface area contributed by atoms with Crippen molar-refractivity contribution in [1.29, 1.82) is 0 Å². The maximum atomic E-state index is 12.6. The molecule has 0 spiro atoms. The van der Waals surface area contributed by atoms with Crippen LogP contribution in [0.4, 0.5) is 0 Å². The van der Waals surface area contributed by atoms with Crippen LogP contribution in [0.25, 0.3) is 0 Å². The fourth-order valence-corrected chi connectivity index (χ4v) is 4.90. The lowest BCUT2D eigenvalue weighted by molar-refractivity contribution is 0.0698. The normalized spacial score (nSPS) is 15.2. The van der Waals surface area contributed by atoms with E-state index in [2.05, 4.69) is 0 Å². The third-order valence-corrected chi connectivity index (χ3v) is 6.12. The van der Waals surface area contributed by atoms with Crippen LogP contribution in [0.5, 0.6) is 0 Å². The summed E-state index contributed by atoms with van der Waals surface area (Å²) >= 11 is 0.922. The van der Waals surface area contributed by atoms with Gasteiger partial charge in [-0.25, -0.2) is 13.2 Å². The van der Waals surface area contributed by atoms with Gasteiger partial charge in [0.2, 0.25) is 10.0 Å². The molecule has 1 N–H and O–H groups in total. The predicted octanol–water partition coefficient (Wildman–Crippen LogP) is 2.15. The molecule has 0 amide bonds. The Morgan fingerprint density at radius 1 is 1.15 bits per heavy atom. The van der Waals surface area contributed by atoms with E-state index in [0.29, 0.717) is 0 Å². The fraction of sp³-hybridized carbons (Fsp3) is 0.154. The molecule has 104 valence electrons. The predicted molar refractivity (Wildman–Crippen MR) is 74.2 cm³/mol. The molecule has 1 aliphatic rings. The molecule has 3 rings (SSSR count). The summed E-state index contributed by atoms with van der Waals surface area (Å²) in [5.41, 5.74) is 1.92. The molecule has 0 saturated carbocycles. The Bertz CT molecular complexity index is 754. The van der Waals surface area contributed by atoms with Crippen molar-refractivity contribution in [1.82, 2.24) is 4.31 Å². The average molecular weight is 309 g/mol. The standard InChI is InChI=1S/C13H11NO4S2/c15-13(16)12-11(5-6-19-12)20(17,18)14-7-9-3-1-2-4-10(9)8-14/h1-6H,7-8H2,(H,15,16). The Morgan fingerprint density at radius 2 is 1.75 bits per heavy atom. The largest absolute Gasteiger partial charge is 0.477 e. The topological polar surface area (TPSA) is 74.7 Å². The van der Waals surface area contributed by atoms with Gasteiger partial charge < -0.3 is 5.11 Å². The van der Waals surface area contributed by atoms with Gasteiger partial charge in [0.15, 0.2) is 0 Å². The van der Waals surface area contributed by atoms with Gasteiger partial charge in [0.25, 0.3) is 0 Å².